The molecular weight excluding hydrogens is 422 g/mol. The molecule has 1 aliphatic carbocycles. The largest absolute Gasteiger partial charge is 0.317 e. The van der Waals surface area contributed by atoms with Gasteiger partial charge >= 0.3 is 0 Å². The molecule has 7 rings (SSSR count). The Labute approximate surface area is 200 Å². The third-order valence-electron chi connectivity index (χ3n) is 7.18. The molecule has 1 heterocycles. The Hall–Kier alpha value is -2.87. The fourth-order valence-corrected chi connectivity index (χ4v) is 5.68. The highest BCUT2D eigenvalue weighted by Gasteiger charge is 2.23. The van der Waals surface area contributed by atoms with Crippen LogP contribution in [0.3, 0.4) is 0 Å². The maximum Gasteiger partial charge on any atom is 0.0588 e. The molecule has 1 N–H and O–H groups in total. The zero-order chi connectivity index (χ0) is 22.2. The van der Waals surface area contributed by atoms with Crippen molar-refractivity contribution < 1.29 is 0 Å². The summed E-state index contributed by atoms with van der Waals surface area (Å²) in [5.74, 6) is 0. The number of benzene rings is 5. The third-order valence-corrected chi connectivity index (χ3v) is 7.63. The first-order chi connectivity index (χ1) is 16.3. The number of nitrogens with one attached hydrogen (secondary N) is 1. The zero-order valence-electron chi connectivity index (χ0n) is 18.8. The van der Waals surface area contributed by atoms with Gasteiger partial charge in [0.15, 0.2) is 0 Å². The van der Waals surface area contributed by atoms with Crippen molar-refractivity contribution in [1.29, 1.82) is 0 Å². The smallest absolute Gasteiger partial charge is 0.0588 e. The van der Waals surface area contributed by atoms with Crippen molar-refractivity contribution in [2.45, 2.75) is 31.1 Å². The van der Waals surface area contributed by atoms with Crippen LogP contribution in [0.25, 0.3) is 43.4 Å². The van der Waals surface area contributed by atoms with E-state index in [1.165, 1.54) is 74.1 Å². The Morgan fingerprint density at radius 2 is 1.36 bits per heavy atom. The first kappa shape index (κ1) is 20.7. The molecule has 1 saturated heterocycles. The van der Waals surface area contributed by atoms with Crippen LogP contribution in [0.1, 0.15) is 35.8 Å². The monoisotopic (exact) mass is 449 g/mol. The van der Waals surface area contributed by atoms with E-state index in [-0.39, 0.29) is 5.38 Å². The lowest BCUT2D eigenvalue weighted by molar-refractivity contribution is 0.527. The summed E-state index contributed by atoms with van der Waals surface area (Å²) in [6.07, 6.45) is 4.71. The van der Waals surface area contributed by atoms with Gasteiger partial charge in [0.1, 0.15) is 0 Å². The SMILES string of the molecule is C1CNC1.ClC1CCCc2c1ccc1c2c(-c2cccc3ccccc23)cc2ccccc21. The van der Waals surface area contributed by atoms with E-state index in [1.807, 2.05) is 0 Å². The Bertz CT molecular complexity index is 1460. The molecule has 5 aromatic carbocycles. The number of hydrogen-bond acceptors (Lipinski definition) is 1. The van der Waals surface area contributed by atoms with Crippen LogP contribution in [0.5, 0.6) is 0 Å². The zero-order valence-corrected chi connectivity index (χ0v) is 19.5. The summed E-state index contributed by atoms with van der Waals surface area (Å²) in [5.41, 5.74) is 5.41. The Kier molecular flexibility index (Phi) is 5.54. The van der Waals surface area contributed by atoms with E-state index in [1.54, 1.807) is 0 Å². The number of hydrogen-bond donors (Lipinski definition) is 1. The normalized spacial score (nSPS) is 17.3. The van der Waals surface area contributed by atoms with Crippen molar-refractivity contribution in [3.63, 3.8) is 0 Å². The summed E-state index contributed by atoms with van der Waals surface area (Å²) < 4.78 is 0. The van der Waals surface area contributed by atoms with Gasteiger partial charge in [-0.1, -0.05) is 78.9 Å². The molecule has 0 bridgehead atoms. The van der Waals surface area contributed by atoms with Crippen LogP contribution in [-0.4, -0.2) is 13.1 Å². The number of halogens is 1. The molecule has 0 spiro atoms. The van der Waals surface area contributed by atoms with Crippen LogP contribution in [0.15, 0.2) is 84.9 Å². The van der Waals surface area contributed by atoms with Gasteiger partial charge in [-0.05, 0) is 99.4 Å². The molecule has 0 aromatic heterocycles. The molecule has 0 amide bonds. The number of rotatable bonds is 1. The van der Waals surface area contributed by atoms with Crippen molar-refractivity contribution in [3.05, 3.63) is 96.1 Å². The van der Waals surface area contributed by atoms with Crippen LogP contribution >= 0.6 is 11.6 Å². The lowest BCUT2D eigenvalue weighted by atomic mass is 9.82. The lowest BCUT2D eigenvalue weighted by Crippen LogP contribution is -2.29. The minimum absolute atomic E-state index is 0.120. The average molecular weight is 450 g/mol. The fraction of sp³-hybridized carbons (Fsp3) is 0.226. The summed E-state index contributed by atoms with van der Waals surface area (Å²) in [6.45, 7) is 2.50. The van der Waals surface area contributed by atoms with Crippen molar-refractivity contribution in [2.75, 3.05) is 13.1 Å². The molecule has 1 aliphatic heterocycles. The van der Waals surface area contributed by atoms with Crippen molar-refractivity contribution >= 4 is 43.9 Å². The standard InChI is InChI=1S/C28H21Cl.C3H7N/c29-27-14-6-13-24-23(27)15-16-25-21-11-4-2-8-19(21)17-26(28(24)25)22-12-5-9-18-7-1-3-10-20(18)22;1-2-4-3-1/h1-5,7-12,15-17,27H,6,13-14H2;4H,1-3H2. The van der Waals surface area contributed by atoms with Gasteiger partial charge in [0.25, 0.3) is 0 Å². The van der Waals surface area contributed by atoms with Crippen LogP contribution in [0, 0.1) is 0 Å². The second kappa shape index (κ2) is 8.82. The first-order valence-electron chi connectivity index (χ1n) is 12.1. The highest BCUT2D eigenvalue weighted by Crippen LogP contribution is 2.45. The van der Waals surface area contributed by atoms with Gasteiger partial charge in [-0.15, -0.1) is 11.6 Å². The molecule has 1 nitrogen and oxygen atoms in total. The van der Waals surface area contributed by atoms with E-state index < -0.39 is 0 Å². The highest BCUT2D eigenvalue weighted by atomic mass is 35.5. The van der Waals surface area contributed by atoms with Crippen molar-refractivity contribution in [3.8, 4) is 11.1 Å². The van der Waals surface area contributed by atoms with Crippen LogP contribution in [0.4, 0.5) is 0 Å². The summed E-state index contributed by atoms with van der Waals surface area (Å²) in [5, 5.41) is 11.2. The number of fused-ring (bicyclic) bond motifs is 6. The maximum absolute atomic E-state index is 6.76. The van der Waals surface area contributed by atoms with Gasteiger partial charge in [-0.2, -0.15) is 0 Å². The first-order valence-corrected chi connectivity index (χ1v) is 12.5. The molecule has 0 radical (unpaired) electrons. The molecule has 2 aliphatic rings. The molecule has 33 heavy (non-hydrogen) atoms. The quantitative estimate of drug-likeness (QED) is 0.200. The Balaban J connectivity index is 0.000000469. The predicted molar refractivity (Wildman–Crippen MR) is 143 cm³/mol. The van der Waals surface area contributed by atoms with E-state index in [0.29, 0.717) is 0 Å². The summed E-state index contributed by atoms with van der Waals surface area (Å²) >= 11 is 6.76. The fourth-order valence-electron chi connectivity index (χ4n) is 5.32. The van der Waals surface area contributed by atoms with Gasteiger partial charge in [0, 0.05) is 0 Å². The molecule has 0 saturated carbocycles. The minimum atomic E-state index is 0.120. The van der Waals surface area contributed by atoms with E-state index in [4.69, 9.17) is 11.6 Å². The predicted octanol–water partition coefficient (Wildman–Crippen LogP) is 8.41. The Morgan fingerprint density at radius 1 is 0.667 bits per heavy atom. The molecule has 1 atom stereocenters. The van der Waals surface area contributed by atoms with E-state index in [9.17, 15) is 0 Å². The van der Waals surface area contributed by atoms with E-state index >= 15 is 0 Å². The van der Waals surface area contributed by atoms with Gasteiger partial charge in [-0.3, -0.25) is 0 Å². The highest BCUT2D eigenvalue weighted by molar-refractivity contribution is 6.22. The summed E-state index contributed by atoms with van der Waals surface area (Å²) in [6, 6.07) is 31.1. The second-order valence-electron chi connectivity index (χ2n) is 9.19. The average Bonchev–Trinajstić information content (AvgIpc) is 2.82. The number of aryl methyl sites for hydroxylation is 1. The molecule has 1 unspecified atom stereocenters. The molecule has 1 fully saturated rings. The van der Waals surface area contributed by atoms with Crippen molar-refractivity contribution in [1.82, 2.24) is 5.32 Å². The molecule has 164 valence electrons. The number of alkyl halides is 1. The van der Waals surface area contributed by atoms with Gasteiger partial charge in [0.05, 0.1) is 5.38 Å². The van der Waals surface area contributed by atoms with Crippen LogP contribution in [0.2, 0.25) is 0 Å². The van der Waals surface area contributed by atoms with E-state index in [0.717, 1.165) is 19.3 Å². The lowest BCUT2D eigenvalue weighted by Gasteiger charge is -2.25. The Morgan fingerprint density at radius 3 is 2.15 bits per heavy atom. The van der Waals surface area contributed by atoms with Gasteiger partial charge in [-0.25, -0.2) is 0 Å². The molecular formula is C31H28ClN. The van der Waals surface area contributed by atoms with Gasteiger partial charge in [0.2, 0.25) is 0 Å². The molecule has 2 heteroatoms. The maximum atomic E-state index is 6.76. The van der Waals surface area contributed by atoms with Crippen LogP contribution < -0.4 is 5.32 Å². The summed E-state index contributed by atoms with van der Waals surface area (Å²) in [4.78, 5) is 0. The topological polar surface area (TPSA) is 12.0 Å². The molecule has 5 aromatic rings. The second-order valence-corrected chi connectivity index (χ2v) is 9.72. The van der Waals surface area contributed by atoms with Crippen LogP contribution in [-0.2, 0) is 6.42 Å². The minimum Gasteiger partial charge on any atom is -0.317 e. The van der Waals surface area contributed by atoms with Crippen molar-refractivity contribution in [2.24, 2.45) is 0 Å². The van der Waals surface area contributed by atoms with Gasteiger partial charge < -0.3 is 5.32 Å². The third kappa shape index (κ3) is 3.70. The summed E-state index contributed by atoms with van der Waals surface area (Å²) in [7, 11) is 0. The van der Waals surface area contributed by atoms with E-state index in [2.05, 4.69) is 90.2 Å².